The van der Waals surface area contributed by atoms with Crippen LogP contribution in [0.5, 0.6) is 0 Å². The average Bonchev–Trinajstić information content (AvgIpc) is 3.07. The normalized spacial score (nSPS) is 17.4. The van der Waals surface area contributed by atoms with Crippen LogP contribution in [0.4, 0.5) is 0 Å². The maximum absolute atomic E-state index is 13.0. The highest BCUT2D eigenvalue weighted by Crippen LogP contribution is 2.17. The van der Waals surface area contributed by atoms with Gasteiger partial charge in [-0.05, 0) is 31.5 Å². The molecule has 1 aliphatic rings. The van der Waals surface area contributed by atoms with Gasteiger partial charge in [0.1, 0.15) is 5.76 Å². The van der Waals surface area contributed by atoms with Gasteiger partial charge in [-0.25, -0.2) is 0 Å². The number of carbonyl (C=O) groups excluding carboxylic acids is 1. The number of hydrogen-bond donors (Lipinski definition) is 0. The van der Waals surface area contributed by atoms with Crippen LogP contribution in [0.15, 0.2) is 53.1 Å². The number of rotatable bonds is 6. The molecule has 5 heteroatoms. The number of benzene rings is 1. The Morgan fingerprint density at radius 1 is 1.16 bits per heavy atom. The van der Waals surface area contributed by atoms with Crippen LogP contribution in [0.25, 0.3) is 0 Å². The monoisotopic (exact) mass is 342 g/mol. The van der Waals surface area contributed by atoms with E-state index in [1.807, 2.05) is 47.4 Å². The molecule has 2 heterocycles. The Hall–Kier alpha value is -2.11. The second-order valence-corrected chi connectivity index (χ2v) is 7.13. The molecule has 0 N–H and O–H groups in total. The summed E-state index contributed by atoms with van der Waals surface area (Å²) in [6.45, 7) is 7.80. The first-order chi connectivity index (χ1) is 12.0. The third-order valence-corrected chi connectivity index (χ3v) is 4.36. The molecule has 1 amide bonds. The Morgan fingerprint density at radius 2 is 1.96 bits per heavy atom. The summed E-state index contributed by atoms with van der Waals surface area (Å²) in [6.07, 6.45) is 1.64. The van der Waals surface area contributed by atoms with Crippen LogP contribution >= 0.6 is 0 Å². The summed E-state index contributed by atoms with van der Waals surface area (Å²) in [5.41, 5.74) is 0.911. The van der Waals surface area contributed by atoms with Crippen LogP contribution in [0.2, 0.25) is 0 Å². The zero-order chi connectivity index (χ0) is 17.7. The standard InChI is InChI=1S/C20H26N2O3/c1-20(2)16-21(10-12-25-20)15-19(23)22(14-18-9-6-11-24-18)13-17-7-4-3-5-8-17/h3-9,11H,10,12-16H2,1-2H3. The SMILES string of the molecule is CC1(C)CN(CC(=O)N(Cc2ccccc2)Cc2ccco2)CCO1. The van der Waals surface area contributed by atoms with Crippen molar-refractivity contribution >= 4 is 5.91 Å². The van der Waals surface area contributed by atoms with Gasteiger partial charge >= 0.3 is 0 Å². The molecular weight excluding hydrogens is 316 g/mol. The van der Waals surface area contributed by atoms with E-state index >= 15 is 0 Å². The second-order valence-electron chi connectivity index (χ2n) is 7.13. The summed E-state index contributed by atoms with van der Waals surface area (Å²) in [7, 11) is 0. The molecule has 3 rings (SSSR count). The molecule has 5 nitrogen and oxygen atoms in total. The third-order valence-electron chi connectivity index (χ3n) is 4.36. The molecule has 0 aliphatic carbocycles. The number of furan rings is 1. The molecule has 0 bridgehead atoms. The van der Waals surface area contributed by atoms with E-state index < -0.39 is 0 Å². The van der Waals surface area contributed by atoms with Crippen molar-refractivity contribution in [3.8, 4) is 0 Å². The van der Waals surface area contributed by atoms with Gasteiger partial charge in [0.15, 0.2) is 0 Å². The molecule has 1 saturated heterocycles. The summed E-state index contributed by atoms with van der Waals surface area (Å²) in [6, 6.07) is 13.8. The highest BCUT2D eigenvalue weighted by molar-refractivity contribution is 5.78. The minimum absolute atomic E-state index is 0.109. The van der Waals surface area contributed by atoms with E-state index in [1.54, 1.807) is 6.26 Å². The summed E-state index contributed by atoms with van der Waals surface area (Å²) >= 11 is 0. The topological polar surface area (TPSA) is 45.9 Å². The minimum atomic E-state index is -0.205. The summed E-state index contributed by atoms with van der Waals surface area (Å²) in [5.74, 6) is 0.907. The van der Waals surface area contributed by atoms with Gasteiger partial charge < -0.3 is 14.1 Å². The Bertz CT molecular complexity index is 668. The Labute approximate surface area is 149 Å². The third kappa shape index (κ3) is 5.18. The van der Waals surface area contributed by atoms with Crippen LogP contribution in [0, 0.1) is 0 Å². The van der Waals surface area contributed by atoms with E-state index in [9.17, 15) is 4.79 Å². The second kappa shape index (κ2) is 7.85. The predicted octanol–water partition coefficient (Wildman–Crippen LogP) is 2.92. The van der Waals surface area contributed by atoms with E-state index in [4.69, 9.17) is 9.15 Å². The first-order valence-electron chi connectivity index (χ1n) is 8.72. The Morgan fingerprint density at radius 3 is 2.64 bits per heavy atom. The molecule has 134 valence electrons. The lowest BCUT2D eigenvalue weighted by Gasteiger charge is -2.38. The molecule has 2 aromatic rings. The van der Waals surface area contributed by atoms with Crippen molar-refractivity contribution in [1.29, 1.82) is 0 Å². The van der Waals surface area contributed by atoms with Crippen molar-refractivity contribution in [3.63, 3.8) is 0 Å². The van der Waals surface area contributed by atoms with E-state index in [2.05, 4.69) is 18.7 Å². The van der Waals surface area contributed by atoms with Crippen molar-refractivity contribution in [3.05, 3.63) is 60.1 Å². The fourth-order valence-electron chi connectivity index (χ4n) is 3.17. The highest BCUT2D eigenvalue weighted by Gasteiger charge is 2.29. The average molecular weight is 342 g/mol. The molecule has 0 atom stereocenters. The van der Waals surface area contributed by atoms with Crippen molar-refractivity contribution < 1.29 is 13.9 Å². The van der Waals surface area contributed by atoms with Gasteiger partial charge in [0.25, 0.3) is 0 Å². The van der Waals surface area contributed by atoms with Gasteiger partial charge in [-0.15, -0.1) is 0 Å². The minimum Gasteiger partial charge on any atom is -0.467 e. The molecule has 0 saturated carbocycles. The molecule has 0 spiro atoms. The molecule has 1 aliphatic heterocycles. The number of nitrogens with zero attached hydrogens (tertiary/aromatic N) is 2. The van der Waals surface area contributed by atoms with Gasteiger partial charge in [-0.3, -0.25) is 9.69 Å². The van der Waals surface area contributed by atoms with E-state index in [0.717, 1.165) is 24.4 Å². The number of amides is 1. The van der Waals surface area contributed by atoms with Crippen LogP contribution in [-0.4, -0.2) is 47.5 Å². The number of hydrogen-bond acceptors (Lipinski definition) is 4. The summed E-state index contributed by atoms with van der Waals surface area (Å²) in [5, 5.41) is 0. The molecule has 1 aromatic heterocycles. The van der Waals surface area contributed by atoms with Gasteiger partial charge in [-0.2, -0.15) is 0 Å². The number of ether oxygens (including phenoxy) is 1. The lowest BCUT2D eigenvalue weighted by Crippen LogP contribution is -2.51. The van der Waals surface area contributed by atoms with E-state index in [-0.39, 0.29) is 11.5 Å². The maximum atomic E-state index is 13.0. The fraction of sp³-hybridized carbons (Fsp3) is 0.450. The molecule has 1 fully saturated rings. The molecule has 0 radical (unpaired) electrons. The predicted molar refractivity (Wildman–Crippen MR) is 95.9 cm³/mol. The van der Waals surface area contributed by atoms with Gasteiger partial charge in [0.05, 0.1) is 31.6 Å². The molecule has 25 heavy (non-hydrogen) atoms. The lowest BCUT2D eigenvalue weighted by molar-refractivity contribution is -0.138. The Kier molecular flexibility index (Phi) is 5.56. The van der Waals surface area contributed by atoms with Crippen LogP contribution < -0.4 is 0 Å². The smallest absolute Gasteiger partial charge is 0.237 e. The lowest BCUT2D eigenvalue weighted by atomic mass is 10.1. The first kappa shape index (κ1) is 17.7. The largest absolute Gasteiger partial charge is 0.467 e. The maximum Gasteiger partial charge on any atom is 0.237 e. The Balaban J connectivity index is 1.68. The van der Waals surface area contributed by atoms with Crippen LogP contribution in [0.3, 0.4) is 0 Å². The van der Waals surface area contributed by atoms with Crippen molar-refractivity contribution in [2.24, 2.45) is 0 Å². The zero-order valence-corrected chi connectivity index (χ0v) is 15.0. The summed E-state index contributed by atoms with van der Waals surface area (Å²) in [4.78, 5) is 17.0. The molecule has 1 aromatic carbocycles. The molecule has 0 unspecified atom stereocenters. The summed E-state index contributed by atoms with van der Waals surface area (Å²) < 4.78 is 11.2. The number of carbonyl (C=O) groups is 1. The van der Waals surface area contributed by atoms with Crippen molar-refractivity contribution in [2.75, 3.05) is 26.2 Å². The quantitative estimate of drug-likeness (QED) is 0.810. The number of morpholine rings is 1. The fourth-order valence-corrected chi connectivity index (χ4v) is 3.17. The zero-order valence-electron chi connectivity index (χ0n) is 15.0. The van der Waals surface area contributed by atoms with Crippen molar-refractivity contribution in [2.45, 2.75) is 32.5 Å². The van der Waals surface area contributed by atoms with Gasteiger partial charge in [0, 0.05) is 19.6 Å². The van der Waals surface area contributed by atoms with Crippen molar-refractivity contribution in [1.82, 2.24) is 9.80 Å². The van der Waals surface area contributed by atoms with E-state index in [0.29, 0.717) is 26.2 Å². The van der Waals surface area contributed by atoms with Gasteiger partial charge in [-0.1, -0.05) is 30.3 Å². The van der Waals surface area contributed by atoms with Gasteiger partial charge in [0.2, 0.25) is 5.91 Å². The van der Waals surface area contributed by atoms with E-state index in [1.165, 1.54) is 0 Å². The van der Waals surface area contributed by atoms with Crippen LogP contribution in [-0.2, 0) is 22.6 Å². The molecular formula is C20H26N2O3. The first-order valence-corrected chi connectivity index (χ1v) is 8.72. The highest BCUT2D eigenvalue weighted by atomic mass is 16.5. The van der Waals surface area contributed by atoms with Crippen LogP contribution in [0.1, 0.15) is 25.2 Å².